The molecule has 0 aromatic heterocycles. The van der Waals surface area contributed by atoms with Gasteiger partial charge in [-0.25, -0.2) is 4.79 Å². The summed E-state index contributed by atoms with van der Waals surface area (Å²) in [7, 11) is 0. The molecule has 0 bridgehead atoms. The molecule has 1 aromatic carbocycles. The molecule has 1 aromatic rings. The van der Waals surface area contributed by atoms with E-state index in [2.05, 4.69) is 43.5 Å². The highest BCUT2D eigenvalue weighted by molar-refractivity contribution is 5.77. The van der Waals surface area contributed by atoms with Crippen LogP contribution in [-0.2, 0) is 9.53 Å². The van der Waals surface area contributed by atoms with Crippen LogP contribution in [0.4, 0.5) is 4.79 Å². The molecule has 1 aliphatic rings. The van der Waals surface area contributed by atoms with Crippen LogP contribution in [0.3, 0.4) is 0 Å². The number of carbonyl (C=O) groups is 2. The molecule has 24 heavy (non-hydrogen) atoms. The molecule has 1 aliphatic heterocycles. The molecule has 1 fully saturated rings. The van der Waals surface area contributed by atoms with Gasteiger partial charge < -0.3 is 20.3 Å². The van der Waals surface area contributed by atoms with Gasteiger partial charge in [0.05, 0.1) is 6.54 Å². The fourth-order valence-corrected chi connectivity index (χ4v) is 2.74. The fraction of sp³-hybridized carbons (Fsp3) is 0.556. The zero-order valence-corrected chi connectivity index (χ0v) is 14.7. The Labute approximate surface area is 143 Å². The van der Waals surface area contributed by atoms with Gasteiger partial charge in [-0.3, -0.25) is 4.79 Å². The molecular weight excluding hydrogens is 306 g/mol. The summed E-state index contributed by atoms with van der Waals surface area (Å²) in [5, 5.41) is 6.47. The van der Waals surface area contributed by atoms with E-state index >= 15 is 0 Å². The minimum atomic E-state index is -0.332. The van der Waals surface area contributed by atoms with Crippen LogP contribution in [-0.4, -0.2) is 48.7 Å². The van der Waals surface area contributed by atoms with Crippen molar-refractivity contribution < 1.29 is 14.3 Å². The van der Waals surface area contributed by atoms with E-state index in [1.807, 2.05) is 18.2 Å². The smallest absolute Gasteiger partial charge is 0.409 e. The van der Waals surface area contributed by atoms with Crippen LogP contribution in [0.5, 0.6) is 0 Å². The van der Waals surface area contributed by atoms with E-state index in [9.17, 15) is 9.59 Å². The summed E-state index contributed by atoms with van der Waals surface area (Å²) >= 11 is 0. The summed E-state index contributed by atoms with van der Waals surface area (Å²) in [5.41, 5.74) is 0.974. The van der Waals surface area contributed by atoms with Gasteiger partial charge in [-0.2, -0.15) is 0 Å². The van der Waals surface area contributed by atoms with Gasteiger partial charge in [-0.15, -0.1) is 0 Å². The Morgan fingerprint density at radius 2 is 2.04 bits per heavy atom. The lowest BCUT2D eigenvalue weighted by Gasteiger charge is -2.31. The quantitative estimate of drug-likeness (QED) is 0.764. The normalized spacial score (nSPS) is 16.0. The Bertz CT molecular complexity index is 560. The third kappa shape index (κ3) is 5.53. The van der Waals surface area contributed by atoms with E-state index < -0.39 is 0 Å². The largest absolute Gasteiger partial charge is 0.448 e. The molecule has 0 radical (unpaired) electrons. The number of rotatable bonds is 8. The van der Waals surface area contributed by atoms with Crippen molar-refractivity contribution in [3.05, 3.63) is 35.9 Å². The van der Waals surface area contributed by atoms with Crippen LogP contribution in [0.1, 0.15) is 38.8 Å². The van der Waals surface area contributed by atoms with Crippen LogP contribution in [0.2, 0.25) is 0 Å². The Balaban J connectivity index is 1.73. The maximum atomic E-state index is 12.0. The summed E-state index contributed by atoms with van der Waals surface area (Å²) in [4.78, 5) is 24.9. The molecule has 2 amide bonds. The predicted octanol–water partition coefficient (Wildman–Crippen LogP) is 2.07. The first-order valence-electron chi connectivity index (χ1n) is 8.38. The topological polar surface area (TPSA) is 70.7 Å². The van der Waals surface area contributed by atoms with Crippen molar-refractivity contribution in [1.29, 1.82) is 0 Å². The summed E-state index contributed by atoms with van der Waals surface area (Å²) in [6, 6.07) is 10.4. The van der Waals surface area contributed by atoms with Gasteiger partial charge in [0, 0.05) is 31.1 Å². The lowest BCUT2D eigenvalue weighted by atomic mass is 10.0. The van der Waals surface area contributed by atoms with E-state index in [-0.39, 0.29) is 23.6 Å². The number of carbonyl (C=O) groups excluding carboxylic acids is 2. The Morgan fingerprint density at radius 1 is 1.33 bits per heavy atom. The highest BCUT2D eigenvalue weighted by atomic mass is 16.6. The highest BCUT2D eigenvalue weighted by Gasteiger charge is 2.24. The molecule has 0 spiro atoms. The van der Waals surface area contributed by atoms with Gasteiger partial charge in [0.15, 0.2) is 0 Å². The molecule has 1 unspecified atom stereocenters. The number of amides is 2. The van der Waals surface area contributed by atoms with Crippen LogP contribution in [0.15, 0.2) is 30.3 Å². The second kappa shape index (κ2) is 8.15. The van der Waals surface area contributed by atoms with Crippen LogP contribution < -0.4 is 10.6 Å². The van der Waals surface area contributed by atoms with Crippen molar-refractivity contribution >= 4 is 12.0 Å². The number of nitrogens with one attached hydrogen (secondary N) is 2. The average molecular weight is 333 g/mol. The zero-order valence-electron chi connectivity index (χ0n) is 14.7. The molecule has 2 rings (SSSR count). The minimum absolute atomic E-state index is 0.0584. The van der Waals surface area contributed by atoms with Crippen LogP contribution in [0, 0.1) is 0 Å². The van der Waals surface area contributed by atoms with Gasteiger partial charge in [-0.1, -0.05) is 30.3 Å². The number of cyclic esters (lactones) is 1. The molecule has 6 heteroatoms. The molecule has 1 atom stereocenters. The van der Waals surface area contributed by atoms with Crippen LogP contribution >= 0.6 is 0 Å². The molecule has 6 nitrogen and oxygen atoms in total. The number of benzene rings is 1. The first kappa shape index (κ1) is 18.3. The van der Waals surface area contributed by atoms with Crippen LogP contribution in [0.25, 0.3) is 0 Å². The van der Waals surface area contributed by atoms with Gasteiger partial charge in [0.2, 0.25) is 5.91 Å². The van der Waals surface area contributed by atoms with Gasteiger partial charge in [-0.05, 0) is 26.3 Å². The minimum Gasteiger partial charge on any atom is -0.448 e. The zero-order chi connectivity index (χ0) is 17.6. The molecule has 132 valence electrons. The van der Waals surface area contributed by atoms with Crippen molar-refractivity contribution in [3.8, 4) is 0 Å². The van der Waals surface area contributed by atoms with Gasteiger partial charge in [0.25, 0.3) is 0 Å². The van der Waals surface area contributed by atoms with E-state index in [4.69, 9.17) is 4.74 Å². The summed E-state index contributed by atoms with van der Waals surface area (Å²) in [6.45, 7) is 8.13. The molecule has 0 aliphatic carbocycles. The third-order valence-electron chi connectivity index (χ3n) is 4.09. The highest BCUT2D eigenvalue weighted by Crippen LogP contribution is 2.15. The van der Waals surface area contributed by atoms with Crippen molar-refractivity contribution in [1.82, 2.24) is 15.5 Å². The summed E-state index contributed by atoms with van der Waals surface area (Å²) in [5.74, 6) is -0.0584. The molecule has 0 saturated carbocycles. The lowest BCUT2D eigenvalue weighted by molar-refractivity contribution is -0.121. The number of nitrogens with zero attached hydrogens (tertiary/aromatic N) is 1. The Hall–Kier alpha value is -2.08. The predicted molar refractivity (Wildman–Crippen MR) is 92.6 cm³/mol. The number of hydrogen-bond donors (Lipinski definition) is 2. The van der Waals surface area contributed by atoms with E-state index in [1.54, 1.807) is 4.90 Å². The standard InChI is InChI=1S/C18H27N3O3/c1-14(15-7-5-4-6-8-15)20-18(2,3)13-19-16(22)9-10-21-11-12-24-17(21)23/h4-8,14,20H,9-13H2,1-3H3,(H,19,22). The molecular formula is C18H27N3O3. The maximum Gasteiger partial charge on any atom is 0.409 e. The summed E-state index contributed by atoms with van der Waals surface area (Å²) in [6.07, 6.45) is -0.0409. The summed E-state index contributed by atoms with van der Waals surface area (Å²) < 4.78 is 4.84. The first-order valence-corrected chi connectivity index (χ1v) is 8.38. The second-order valence-corrected chi connectivity index (χ2v) is 6.79. The first-order chi connectivity index (χ1) is 11.4. The van der Waals surface area contributed by atoms with Crippen molar-refractivity contribution in [2.75, 3.05) is 26.2 Å². The van der Waals surface area contributed by atoms with E-state index in [0.717, 1.165) is 0 Å². The Morgan fingerprint density at radius 3 is 2.67 bits per heavy atom. The van der Waals surface area contributed by atoms with Gasteiger partial charge >= 0.3 is 6.09 Å². The number of hydrogen-bond acceptors (Lipinski definition) is 4. The second-order valence-electron chi connectivity index (χ2n) is 6.79. The lowest BCUT2D eigenvalue weighted by Crippen LogP contribution is -2.50. The molecule has 1 heterocycles. The van der Waals surface area contributed by atoms with Crippen molar-refractivity contribution in [2.45, 2.75) is 38.8 Å². The monoisotopic (exact) mass is 333 g/mol. The Kier molecular flexibility index (Phi) is 6.20. The number of ether oxygens (including phenoxy) is 1. The molecule has 1 saturated heterocycles. The third-order valence-corrected chi connectivity index (χ3v) is 4.09. The van der Waals surface area contributed by atoms with Crippen molar-refractivity contribution in [2.24, 2.45) is 0 Å². The average Bonchev–Trinajstić information content (AvgIpc) is 2.96. The SMILES string of the molecule is CC(NC(C)(C)CNC(=O)CCN1CCOC1=O)c1ccccc1. The van der Waals surface area contributed by atoms with E-state index in [1.165, 1.54) is 5.56 Å². The molecule has 2 N–H and O–H groups in total. The van der Waals surface area contributed by atoms with Gasteiger partial charge in [0.1, 0.15) is 6.61 Å². The van der Waals surface area contributed by atoms with E-state index in [0.29, 0.717) is 32.7 Å². The fourth-order valence-electron chi connectivity index (χ4n) is 2.74. The van der Waals surface area contributed by atoms with Crippen molar-refractivity contribution in [3.63, 3.8) is 0 Å². The maximum absolute atomic E-state index is 12.0.